The van der Waals surface area contributed by atoms with Gasteiger partial charge in [0.1, 0.15) is 11.3 Å². The minimum Gasteiger partial charge on any atom is -0.504 e. The van der Waals surface area contributed by atoms with E-state index in [-0.39, 0.29) is 11.8 Å². The van der Waals surface area contributed by atoms with Crippen LogP contribution in [0, 0.1) is 6.92 Å². The zero-order valence-electron chi connectivity index (χ0n) is 16.5. The van der Waals surface area contributed by atoms with Gasteiger partial charge < -0.3 is 14.8 Å². The van der Waals surface area contributed by atoms with E-state index in [0.29, 0.717) is 17.3 Å². The lowest BCUT2D eigenvalue weighted by atomic mass is 9.98. The van der Waals surface area contributed by atoms with E-state index in [4.69, 9.17) is 4.42 Å². The number of nitrogens with one attached hydrogen (secondary N) is 1. The van der Waals surface area contributed by atoms with Crippen molar-refractivity contribution in [1.29, 1.82) is 0 Å². The Kier molecular flexibility index (Phi) is 4.41. The van der Waals surface area contributed by atoms with Crippen LogP contribution in [0.2, 0.25) is 0 Å². The third kappa shape index (κ3) is 3.03. The van der Waals surface area contributed by atoms with Gasteiger partial charge in [-0.2, -0.15) is 0 Å². The predicted molar refractivity (Wildman–Crippen MR) is 112 cm³/mol. The zero-order chi connectivity index (χ0) is 20.0. The Labute approximate surface area is 168 Å². The van der Waals surface area contributed by atoms with Crippen molar-refractivity contribution < 1.29 is 9.52 Å². The van der Waals surface area contributed by atoms with Crippen LogP contribution in [0.15, 0.2) is 45.1 Å². The lowest BCUT2D eigenvalue weighted by Crippen LogP contribution is -2.44. The molecule has 4 heterocycles. The van der Waals surface area contributed by atoms with Crippen molar-refractivity contribution in [3.63, 3.8) is 0 Å². The van der Waals surface area contributed by atoms with Crippen LogP contribution in [0.1, 0.15) is 35.4 Å². The summed E-state index contributed by atoms with van der Waals surface area (Å²) < 4.78 is 6.21. The molecule has 2 N–H and O–H groups in total. The van der Waals surface area contributed by atoms with Crippen molar-refractivity contribution in [1.82, 2.24) is 15.2 Å². The van der Waals surface area contributed by atoms with Crippen molar-refractivity contribution in [2.75, 3.05) is 26.2 Å². The summed E-state index contributed by atoms with van der Waals surface area (Å²) >= 11 is 0. The highest BCUT2D eigenvalue weighted by Gasteiger charge is 2.25. The van der Waals surface area contributed by atoms with E-state index in [9.17, 15) is 5.11 Å². The van der Waals surface area contributed by atoms with E-state index in [1.165, 1.54) is 0 Å². The molecule has 5 rings (SSSR count). The van der Waals surface area contributed by atoms with Crippen LogP contribution in [0.5, 0.6) is 5.75 Å². The van der Waals surface area contributed by atoms with Crippen molar-refractivity contribution in [3.05, 3.63) is 52.9 Å². The molecule has 2 aliphatic heterocycles. The number of fused-ring (bicyclic) bond motifs is 2. The van der Waals surface area contributed by atoms with E-state index in [0.717, 1.165) is 53.8 Å². The molecule has 0 bridgehead atoms. The van der Waals surface area contributed by atoms with Crippen molar-refractivity contribution in [2.24, 2.45) is 10.2 Å². The molecule has 1 atom stereocenters. The molecule has 0 saturated carbocycles. The minimum absolute atomic E-state index is 0.133. The number of hydrogen-bond donors (Lipinski definition) is 2. The van der Waals surface area contributed by atoms with Gasteiger partial charge in [0.25, 0.3) is 0 Å². The third-order valence-corrected chi connectivity index (χ3v) is 5.81. The summed E-state index contributed by atoms with van der Waals surface area (Å²) in [7, 11) is 0. The molecule has 1 aromatic carbocycles. The van der Waals surface area contributed by atoms with Crippen molar-refractivity contribution >= 4 is 28.6 Å². The number of pyridine rings is 1. The molecule has 1 unspecified atom stereocenters. The molecule has 0 aliphatic carbocycles. The fraction of sp³-hybridized carbons (Fsp3) is 0.318. The Morgan fingerprint density at radius 2 is 2.03 bits per heavy atom. The largest absolute Gasteiger partial charge is 0.504 e. The highest BCUT2D eigenvalue weighted by Crippen LogP contribution is 2.42. The molecule has 1 fully saturated rings. The summed E-state index contributed by atoms with van der Waals surface area (Å²) in [6.45, 7) is 8.25. The Morgan fingerprint density at radius 3 is 2.86 bits per heavy atom. The lowest BCUT2D eigenvalue weighted by molar-refractivity contribution is 0.185. The maximum absolute atomic E-state index is 10.9. The molecule has 0 spiro atoms. The van der Waals surface area contributed by atoms with Gasteiger partial charge in [0.2, 0.25) is 0 Å². The quantitative estimate of drug-likeness (QED) is 0.693. The topological polar surface area (TPSA) is 86.2 Å². The monoisotopic (exact) mass is 389 g/mol. The zero-order valence-corrected chi connectivity index (χ0v) is 16.5. The molecule has 2 aliphatic rings. The molecular weight excluding hydrogens is 366 g/mol. The average molecular weight is 389 g/mol. The standard InChI is InChI=1S/C22H23N5O2/c1-13-5-6-16-20(28)18(12-17-15-4-3-7-24-22(15)26-25-17)29-21(16)19(13)14(2)27-10-8-23-9-11-27/h3-7,12,14,23,28H,8-11H2,1-2H3. The van der Waals surface area contributed by atoms with Gasteiger partial charge in [-0.25, -0.2) is 4.98 Å². The molecule has 3 aromatic rings. The SMILES string of the molecule is Cc1ccc2c(O)c(C=C3N=Nc4ncccc43)oc2c1C(C)N1CCNCC1. The molecule has 2 aromatic heterocycles. The van der Waals surface area contributed by atoms with Crippen LogP contribution in [-0.2, 0) is 0 Å². The van der Waals surface area contributed by atoms with Gasteiger partial charge in [0, 0.05) is 55.6 Å². The van der Waals surface area contributed by atoms with Crippen molar-refractivity contribution in [3.8, 4) is 5.75 Å². The van der Waals surface area contributed by atoms with Crippen LogP contribution < -0.4 is 5.32 Å². The second-order valence-electron chi connectivity index (χ2n) is 7.55. The summed E-state index contributed by atoms with van der Waals surface area (Å²) in [6.07, 6.45) is 3.42. The summed E-state index contributed by atoms with van der Waals surface area (Å²) in [6, 6.07) is 7.93. The predicted octanol–water partition coefficient (Wildman–Crippen LogP) is 4.40. The number of benzene rings is 1. The lowest BCUT2D eigenvalue weighted by Gasteiger charge is -2.33. The molecule has 1 saturated heterocycles. The van der Waals surface area contributed by atoms with E-state index in [2.05, 4.69) is 45.3 Å². The summed E-state index contributed by atoms with van der Waals surface area (Å²) in [5, 5.41) is 23.3. The van der Waals surface area contributed by atoms with Crippen molar-refractivity contribution in [2.45, 2.75) is 19.9 Å². The smallest absolute Gasteiger partial charge is 0.183 e. The van der Waals surface area contributed by atoms with Gasteiger partial charge in [-0.15, -0.1) is 10.2 Å². The number of azo groups is 1. The van der Waals surface area contributed by atoms with Gasteiger partial charge in [0.05, 0.1) is 5.39 Å². The van der Waals surface area contributed by atoms with Crippen LogP contribution in [0.3, 0.4) is 0 Å². The maximum atomic E-state index is 10.9. The molecular formula is C22H23N5O2. The number of piperazine rings is 1. The molecule has 7 heteroatoms. The van der Waals surface area contributed by atoms with Crippen LogP contribution in [0.25, 0.3) is 22.7 Å². The number of aromatic hydroxyl groups is 1. The number of rotatable bonds is 3. The number of aryl methyl sites for hydroxylation is 1. The Morgan fingerprint density at radius 1 is 1.21 bits per heavy atom. The maximum Gasteiger partial charge on any atom is 0.183 e. The highest BCUT2D eigenvalue weighted by atomic mass is 16.4. The van der Waals surface area contributed by atoms with E-state index in [1.54, 1.807) is 12.3 Å². The summed E-state index contributed by atoms with van der Waals surface area (Å²) in [5.41, 5.74) is 4.49. The van der Waals surface area contributed by atoms with E-state index >= 15 is 0 Å². The number of hydrogen-bond acceptors (Lipinski definition) is 7. The van der Waals surface area contributed by atoms with Crippen LogP contribution in [0.4, 0.5) is 5.82 Å². The summed E-state index contributed by atoms with van der Waals surface area (Å²) in [5.74, 6) is 1.11. The van der Waals surface area contributed by atoms with E-state index < -0.39 is 0 Å². The van der Waals surface area contributed by atoms with Crippen LogP contribution >= 0.6 is 0 Å². The summed E-state index contributed by atoms with van der Waals surface area (Å²) in [4.78, 5) is 6.66. The first-order valence-electron chi connectivity index (χ1n) is 9.92. The Hall–Kier alpha value is -3.03. The van der Waals surface area contributed by atoms with Gasteiger partial charge in [0.15, 0.2) is 17.3 Å². The van der Waals surface area contributed by atoms with Gasteiger partial charge >= 0.3 is 0 Å². The average Bonchev–Trinajstić information content (AvgIpc) is 3.30. The first kappa shape index (κ1) is 18.0. The Balaban J connectivity index is 1.60. The third-order valence-electron chi connectivity index (χ3n) is 5.81. The minimum atomic E-state index is 0.133. The van der Waals surface area contributed by atoms with Gasteiger partial charge in [-0.3, -0.25) is 4.90 Å². The highest BCUT2D eigenvalue weighted by molar-refractivity contribution is 5.94. The number of furan rings is 1. The number of nitrogens with zero attached hydrogens (tertiary/aromatic N) is 4. The normalized spacial score (nSPS) is 19.2. The van der Waals surface area contributed by atoms with Gasteiger partial charge in [-0.05, 0) is 37.6 Å². The molecule has 0 amide bonds. The molecule has 0 radical (unpaired) electrons. The second kappa shape index (κ2) is 7.09. The fourth-order valence-corrected chi connectivity index (χ4v) is 4.22. The molecule has 29 heavy (non-hydrogen) atoms. The molecule has 7 nitrogen and oxygen atoms in total. The fourth-order valence-electron chi connectivity index (χ4n) is 4.22. The number of aromatic nitrogens is 1. The van der Waals surface area contributed by atoms with E-state index in [1.807, 2.05) is 18.2 Å². The second-order valence-corrected chi connectivity index (χ2v) is 7.55. The van der Waals surface area contributed by atoms with Gasteiger partial charge in [-0.1, -0.05) is 6.07 Å². The Bertz CT molecular complexity index is 1140. The molecule has 148 valence electrons. The first-order chi connectivity index (χ1) is 14.1. The first-order valence-corrected chi connectivity index (χ1v) is 9.92. The van der Waals surface area contributed by atoms with Crippen LogP contribution in [-0.4, -0.2) is 41.2 Å².